The van der Waals surface area contributed by atoms with Gasteiger partial charge in [0.1, 0.15) is 28.3 Å². The Bertz CT molecular complexity index is 822. The molecule has 124 valence electrons. The zero-order valence-electron chi connectivity index (χ0n) is 12.7. The van der Waals surface area contributed by atoms with E-state index in [-0.39, 0.29) is 45.5 Å². The predicted octanol–water partition coefficient (Wildman–Crippen LogP) is 2.44. The second-order valence-electron chi connectivity index (χ2n) is 4.61. The number of phenolic OH excluding ortho intramolecular Hbond substituents is 1. The number of hydrogen-bond donors (Lipinski definition) is 2. The van der Waals surface area contributed by atoms with Gasteiger partial charge in [-0.05, 0) is 25.1 Å². The van der Waals surface area contributed by atoms with Crippen LogP contribution in [0, 0.1) is 11.3 Å². The summed E-state index contributed by atoms with van der Waals surface area (Å²) in [5, 5.41) is 18.7. The lowest BCUT2D eigenvalue weighted by Gasteiger charge is -2.07. The lowest BCUT2D eigenvalue weighted by molar-refractivity contribution is 0.0452. The topological polar surface area (TPSA) is 123 Å². The van der Waals surface area contributed by atoms with E-state index in [1.54, 1.807) is 6.92 Å². The van der Waals surface area contributed by atoms with Gasteiger partial charge in [-0.2, -0.15) is 5.26 Å². The summed E-state index contributed by atoms with van der Waals surface area (Å²) in [4.78, 5) is 24.1. The average Bonchev–Trinajstić information content (AvgIpc) is 2.88. The highest BCUT2D eigenvalue weighted by atomic mass is 32.1. The average molecular weight is 346 g/mol. The fourth-order valence-corrected chi connectivity index (χ4v) is 2.88. The lowest BCUT2D eigenvalue weighted by Crippen LogP contribution is -2.10. The first-order valence-corrected chi connectivity index (χ1v) is 7.74. The maximum Gasteiger partial charge on any atom is 0.348 e. The Morgan fingerprint density at radius 2 is 2.08 bits per heavy atom. The fraction of sp³-hybridized carbons (Fsp3) is 0.188. The molecule has 0 bridgehead atoms. The van der Waals surface area contributed by atoms with E-state index in [9.17, 15) is 20.0 Å². The van der Waals surface area contributed by atoms with Crippen molar-refractivity contribution in [1.82, 2.24) is 0 Å². The third-order valence-corrected chi connectivity index (χ3v) is 4.08. The zero-order valence-corrected chi connectivity index (χ0v) is 13.6. The van der Waals surface area contributed by atoms with E-state index in [1.807, 2.05) is 6.07 Å². The minimum absolute atomic E-state index is 0.0749. The fourth-order valence-electron chi connectivity index (χ4n) is 1.96. The second-order valence-corrected chi connectivity index (χ2v) is 5.66. The highest BCUT2D eigenvalue weighted by Gasteiger charge is 2.24. The van der Waals surface area contributed by atoms with Gasteiger partial charge in [-0.15, -0.1) is 11.3 Å². The molecule has 1 aromatic carbocycles. The number of aromatic hydroxyl groups is 1. The highest BCUT2D eigenvalue weighted by Crippen LogP contribution is 2.32. The van der Waals surface area contributed by atoms with Crippen LogP contribution in [-0.2, 0) is 16.1 Å². The molecule has 0 atom stereocenters. The number of benzene rings is 1. The third-order valence-electron chi connectivity index (χ3n) is 3.04. The van der Waals surface area contributed by atoms with E-state index in [0.717, 1.165) is 11.3 Å². The van der Waals surface area contributed by atoms with Gasteiger partial charge in [0.25, 0.3) is 0 Å². The van der Waals surface area contributed by atoms with Gasteiger partial charge in [0.05, 0.1) is 17.7 Å². The van der Waals surface area contributed by atoms with Gasteiger partial charge in [0, 0.05) is 5.56 Å². The molecule has 24 heavy (non-hydrogen) atoms. The van der Waals surface area contributed by atoms with Gasteiger partial charge < -0.3 is 20.3 Å². The Morgan fingerprint density at radius 1 is 1.33 bits per heavy atom. The summed E-state index contributed by atoms with van der Waals surface area (Å²) in [6, 6.07) is 7.54. The van der Waals surface area contributed by atoms with Gasteiger partial charge in [0.2, 0.25) is 0 Å². The van der Waals surface area contributed by atoms with E-state index in [0.29, 0.717) is 0 Å². The van der Waals surface area contributed by atoms with Crippen molar-refractivity contribution in [2.75, 3.05) is 12.3 Å². The third kappa shape index (κ3) is 3.64. The molecule has 8 heteroatoms. The number of carbonyl (C=O) groups excluding carboxylic acids is 2. The minimum atomic E-state index is -0.700. The summed E-state index contributed by atoms with van der Waals surface area (Å²) in [7, 11) is 0. The zero-order chi connectivity index (χ0) is 17.7. The SMILES string of the molecule is CCOC(=O)c1sc(N)c(C#N)c1COC(=O)c1cccc(O)c1. The molecular formula is C16H14N2O5S. The largest absolute Gasteiger partial charge is 0.508 e. The van der Waals surface area contributed by atoms with Gasteiger partial charge in [-0.25, -0.2) is 9.59 Å². The number of nitrogen functional groups attached to an aromatic ring is 1. The van der Waals surface area contributed by atoms with Crippen LogP contribution in [0.1, 0.15) is 38.1 Å². The molecule has 0 saturated carbocycles. The van der Waals surface area contributed by atoms with Crippen molar-refractivity contribution >= 4 is 28.3 Å². The quantitative estimate of drug-likeness (QED) is 0.797. The summed E-state index contributed by atoms with van der Waals surface area (Å²) in [6.45, 7) is 1.52. The summed E-state index contributed by atoms with van der Waals surface area (Å²) < 4.78 is 10.1. The molecule has 0 unspecified atom stereocenters. The first-order chi connectivity index (χ1) is 11.5. The number of esters is 2. The van der Waals surface area contributed by atoms with Crippen LogP contribution in [0.5, 0.6) is 5.75 Å². The highest BCUT2D eigenvalue weighted by molar-refractivity contribution is 7.18. The Hall–Kier alpha value is -3.05. The lowest BCUT2D eigenvalue weighted by atomic mass is 10.1. The number of ether oxygens (including phenoxy) is 2. The van der Waals surface area contributed by atoms with Gasteiger partial charge in [-0.1, -0.05) is 6.07 Å². The molecule has 0 aliphatic rings. The van der Waals surface area contributed by atoms with Crippen molar-refractivity contribution in [3.63, 3.8) is 0 Å². The Kier molecular flexibility index (Phi) is 5.39. The van der Waals surface area contributed by atoms with E-state index >= 15 is 0 Å². The van der Waals surface area contributed by atoms with Crippen molar-refractivity contribution < 1.29 is 24.2 Å². The predicted molar refractivity (Wildman–Crippen MR) is 86.6 cm³/mol. The Morgan fingerprint density at radius 3 is 2.71 bits per heavy atom. The summed E-state index contributed by atoms with van der Waals surface area (Å²) in [5.41, 5.74) is 6.19. The molecule has 0 fully saturated rings. The number of nitriles is 1. The standard InChI is InChI=1S/C16H14N2O5S/c1-2-22-16(21)13-12(11(7-17)14(18)24-13)8-23-15(20)9-4-3-5-10(19)6-9/h3-6,19H,2,8,18H2,1H3. The second kappa shape index (κ2) is 7.48. The van der Waals surface area contributed by atoms with Crippen molar-refractivity contribution in [2.45, 2.75) is 13.5 Å². The Balaban J connectivity index is 2.24. The Labute approximate surface area is 141 Å². The number of thiophene rings is 1. The smallest absolute Gasteiger partial charge is 0.348 e. The van der Waals surface area contributed by atoms with Gasteiger partial charge >= 0.3 is 11.9 Å². The first-order valence-electron chi connectivity index (χ1n) is 6.92. The van der Waals surface area contributed by atoms with E-state index in [2.05, 4.69) is 0 Å². The minimum Gasteiger partial charge on any atom is -0.508 e. The van der Waals surface area contributed by atoms with Crippen LogP contribution in [0.4, 0.5) is 5.00 Å². The van der Waals surface area contributed by atoms with Crippen LogP contribution >= 0.6 is 11.3 Å². The maximum absolute atomic E-state index is 12.0. The number of carbonyl (C=O) groups is 2. The molecule has 2 rings (SSSR count). The molecule has 1 aromatic heterocycles. The molecule has 0 aliphatic carbocycles. The number of nitrogens with zero attached hydrogens (tertiary/aromatic N) is 1. The molecular weight excluding hydrogens is 332 g/mol. The molecule has 3 N–H and O–H groups in total. The maximum atomic E-state index is 12.0. The monoisotopic (exact) mass is 346 g/mol. The van der Waals surface area contributed by atoms with Crippen LogP contribution in [0.25, 0.3) is 0 Å². The summed E-state index contributed by atoms with van der Waals surface area (Å²) >= 11 is 0.913. The molecule has 0 aliphatic heterocycles. The number of nitrogens with two attached hydrogens (primary N) is 1. The van der Waals surface area contributed by atoms with Crippen molar-refractivity contribution in [3.05, 3.63) is 45.8 Å². The normalized spacial score (nSPS) is 10.0. The van der Waals surface area contributed by atoms with Gasteiger partial charge in [-0.3, -0.25) is 0 Å². The molecule has 7 nitrogen and oxygen atoms in total. The van der Waals surface area contributed by atoms with Crippen molar-refractivity contribution in [3.8, 4) is 11.8 Å². The van der Waals surface area contributed by atoms with E-state index < -0.39 is 11.9 Å². The van der Waals surface area contributed by atoms with E-state index in [4.69, 9.17) is 15.2 Å². The summed E-state index contributed by atoms with van der Waals surface area (Å²) in [5.74, 6) is -1.40. The van der Waals surface area contributed by atoms with Crippen LogP contribution in [0.3, 0.4) is 0 Å². The number of hydrogen-bond acceptors (Lipinski definition) is 8. The first kappa shape index (κ1) is 17.3. The summed E-state index contributed by atoms with van der Waals surface area (Å²) in [6.07, 6.45) is 0. The van der Waals surface area contributed by atoms with Crippen LogP contribution in [0.2, 0.25) is 0 Å². The number of rotatable bonds is 5. The molecule has 0 saturated heterocycles. The molecule has 0 spiro atoms. The molecule has 0 amide bonds. The van der Waals surface area contributed by atoms with Crippen LogP contribution < -0.4 is 5.73 Å². The van der Waals surface area contributed by atoms with E-state index in [1.165, 1.54) is 24.3 Å². The van der Waals surface area contributed by atoms with Crippen LogP contribution in [0.15, 0.2) is 24.3 Å². The number of phenols is 1. The molecule has 0 radical (unpaired) electrons. The van der Waals surface area contributed by atoms with Crippen molar-refractivity contribution in [2.24, 2.45) is 0 Å². The number of anilines is 1. The van der Waals surface area contributed by atoms with Gasteiger partial charge in [0.15, 0.2) is 0 Å². The van der Waals surface area contributed by atoms with Crippen molar-refractivity contribution in [1.29, 1.82) is 5.26 Å². The van der Waals surface area contributed by atoms with Crippen LogP contribution in [-0.4, -0.2) is 23.7 Å². The molecule has 2 aromatic rings. The molecule has 1 heterocycles.